The van der Waals surface area contributed by atoms with Crippen LogP contribution in [0.15, 0.2) is 0 Å². The van der Waals surface area contributed by atoms with E-state index in [1.165, 1.54) is 63.5 Å². The van der Waals surface area contributed by atoms with Gasteiger partial charge >= 0.3 is 0 Å². The lowest BCUT2D eigenvalue weighted by atomic mass is 10.0. The van der Waals surface area contributed by atoms with Crippen molar-refractivity contribution in [2.24, 2.45) is 0 Å². The Kier molecular flexibility index (Phi) is 9.27. The molecular formula is C15H31NS. The molecule has 1 saturated heterocycles. The second-order valence-corrected chi connectivity index (χ2v) is 6.62. The number of nitrogens with one attached hydrogen (secondary N) is 1. The maximum atomic E-state index is 3.71. The van der Waals surface area contributed by atoms with Gasteiger partial charge < -0.3 is 5.32 Å². The van der Waals surface area contributed by atoms with E-state index >= 15 is 0 Å². The van der Waals surface area contributed by atoms with Crippen LogP contribution in [0, 0.1) is 0 Å². The van der Waals surface area contributed by atoms with Gasteiger partial charge in [-0.05, 0) is 31.6 Å². The molecule has 0 bridgehead atoms. The molecule has 2 heteroatoms. The average Bonchev–Trinajstić information content (AvgIpc) is 2.86. The molecule has 0 aliphatic carbocycles. The fraction of sp³-hybridized carbons (Fsp3) is 1.00. The van der Waals surface area contributed by atoms with Crippen molar-refractivity contribution in [2.75, 3.05) is 12.3 Å². The molecule has 0 radical (unpaired) electrons. The maximum absolute atomic E-state index is 3.71. The number of thioether (sulfide) groups is 1. The van der Waals surface area contributed by atoms with E-state index < -0.39 is 0 Å². The van der Waals surface area contributed by atoms with Crippen LogP contribution in [-0.2, 0) is 0 Å². The first-order chi connectivity index (χ1) is 8.38. The van der Waals surface area contributed by atoms with Gasteiger partial charge in [-0.15, -0.1) is 0 Å². The standard InChI is InChI=1S/C15H31NS/c1-3-5-6-7-8-9-11-14(16-4-2)15-12-10-13-17-15/h14-16H,3-13H2,1-2H3. The van der Waals surface area contributed by atoms with E-state index in [-0.39, 0.29) is 0 Å². The Balaban J connectivity index is 2.07. The minimum Gasteiger partial charge on any atom is -0.313 e. The Bertz CT molecular complexity index is 166. The zero-order valence-corrected chi connectivity index (χ0v) is 12.7. The molecule has 0 aromatic heterocycles. The molecular weight excluding hydrogens is 226 g/mol. The van der Waals surface area contributed by atoms with E-state index in [9.17, 15) is 0 Å². The summed E-state index contributed by atoms with van der Waals surface area (Å²) in [5.41, 5.74) is 0. The Hall–Kier alpha value is 0.310. The predicted octanol–water partition coefficient (Wildman–Crippen LogP) is 4.61. The molecule has 1 heterocycles. The van der Waals surface area contributed by atoms with Gasteiger partial charge in [-0.25, -0.2) is 0 Å². The molecule has 1 N–H and O–H groups in total. The molecule has 102 valence electrons. The second kappa shape index (κ2) is 10.3. The lowest BCUT2D eigenvalue weighted by Crippen LogP contribution is -2.36. The zero-order valence-electron chi connectivity index (χ0n) is 11.8. The van der Waals surface area contributed by atoms with Gasteiger partial charge in [0.05, 0.1) is 0 Å². The quantitative estimate of drug-likeness (QED) is 0.574. The number of hydrogen-bond donors (Lipinski definition) is 1. The second-order valence-electron chi connectivity index (χ2n) is 5.27. The van der Waals surface area contributed by atoms with Gasteiger partial charge in [0.25, 0.3) is 0 Å². The highest BCUT2D eigenvalue weighted by atomic mass is 32.2. The highest BCUT2D eigenvalue weighted by Gasteiger charge is 2.24. The molecule has 1 aliphatic rings. The van der Waals surface area contributed by atoms with Crippen LogP contribution in [0.5, 0.6) is 0 Å². The highest BCUT2D eigenvalue weighted by Crippen LogP contribution is 2.30. The maximum Gasteiger partial charge on any atom is 0.0201 e. The first-order valence-corrected chi connectivity index (χ1v) is 8.78. The van der Waals surface area contributed by atoms with E-state index in [2.05, 4.69) is 30.9 Å². The fourth-order valence-electron chi connectivity index (χ4n) is 2.75. The summed E-state index contributed by atoms with van der Waals surface area (Å²) in [6.07, 6.45) is 12.8. The first-order valence-electron chi connectivity index (χ1n) is 7.73. The summed E-state index contributed by atoms with van der Waals surface area (Å²) in [5.74, 6) is 1.39. The Morgan fingerprint density at radius 2 is 1.88 bits per heavy atom. The summed E-state index contributed by atoms with van der Waals surface area (Å²) in [6, 6.07) is 0.790. The van der Waals surface area contributed by atoms with Crippen molar-refractivity contribution in [2.45, 2.75) is 82.9 Å². The molecule has 0 aromatic carbocycles. The lowest BCUT2D eigenvalue weighted by Gasteiger charge is -2.23. The van der Waals surface area contributed by atoms with Crippen LogP contribution < -0.4 is 5.32 Å². The van der Waals surface area contributed by atoms with Gasteiger partial charge in [-0.3, -0.25) is 0 Å². The SMILES string of the molecule is CCCCCCCCC(NCC)C1CCCS1. The van der Waals surface area contributed by atoms with E-state index in [0.717, 1.165) is 17.8 Å². The third-order valence-electron chi connectivity index (χ3n) is 3.75. The van der Waals surface area contributed by atoms with E-state index in [1.807, 2.05) is 0 Å². The normalized spacial score (nSPS) is 21.9. The summed E-state index contributed by atoms with van der Waals surface area (Å²) in [6.45, 7) is 5.67. The number of hydrogen-bond acceptors (Lipinski definition) is 2. The molecule has 0 aromatic rings. The van der Waals surface area contributed by atoms with Crippen LogP contribution in [0.1, 0.15) is 71.6 Å². The number of rotatable bonds is 10. The van der Waals surface area contributed by atoms with Gasteiger partial charge in [0.15, 0.2) is 0 Å². The molecule has 0 amide bonds. The monoisotopic (exact) mass is 257 g/mol. The zero-order chi connectivity index (χ0) is 12.3. The molecule has 2 unspecified atom stereocenters. The summed E-state index contributed by atoms with van der Waals surface area (Å²) in [5, 5.41) is 4.61. The third-order valence-corrected chi connectivity index (χ3v) is 5.27. The van der Waals surface area contributed by atoms with E-state index in [0.29, 0.717) is 0 Å². The van der Waals surface area contributed by atoms with Crippen LogP contribution in [-0.4, -0.2) is 23.6 Å². The van der Waals surface area contributed by atoms with Gasteiger partial charge in [0.1, 0.15) is 0 Å². The van der Waals surface area contributed by atoms with Crippen molar-refractivity contribution in [3.8, 4) is 0 Å². The molecule has 2 atom stereocenters. The van der Waals surface area contributed by atoms with Gasteiger partial charge in [-0.1, -0.05) is 52.4 Å². The molecule has 1 aliphatic heterocycles. The van der Waals surface area contributed by atoms with E-state index in [1.54, 1.807) is 0 Å². The highest BCUT2D eigenvalue weighted by molar-refractivity contribution is 8.00. The topological polar surface area (TPSA) is 12.0 Å². The van der Waals surface area contributed by atoms with Crippen molar-refractivity contribution < 1.29 is 0 Å². The molecule has 1 nitrogen and oxygen atoms in total. The first kappa shape index (κ1) is 15.4. The number of unbranched alkanes of at least 4 members (excludes halogenated alkanes) is 5. The Labute approximate surface area is 113 Å². The van der Waals surface area contributed by atoms with Gasteiger partial charge in [0.2, 0.25) is 0 Å². The largest absolute Gasteiger partial charge is 0.313 e. The Morgan fingerprint density at radius 3 is 2.53 bits per heavy atom. The predicted molar refractivity (Wildman–Crippen MR) is 80.9 cm³/mol. The Morgan fingerprint density at radius 1 is 1.12 bits per heavy atom. The molecule has 1 rings (SSSR count). The molecule has 17 heavy (non-hydrogen) atoms. The smallest absolute Gasteiger partial charge is 0.0201 e. The molecule has 0 saturated carbocycles. The van der Waals surface area contributed by atoms with Crippen LogP contribution in [0.4, 0.5) is 0 Å². The van der Waals surface area contributed by atoms with Gasteiger partial charge in [-0.2, -0.15) is 11.8 Å². The van der Waals surface area contributed by atoms with Crippen LogP contribution in [0.2, 0.25) is 0 Å². The minimum absolute atomic E-state index is 0.790. The third kappa shape index (κ3) is 6.71. The van der Waals surface area contributed by atoms with Gasteiger partial charge in [0, 0.05) is 11.3 Å². The van der Waals surface area contributed by atoms with Crippen LogP contribution >= 0.6 is 11.8 Å². The van der Waals surface area contributed by atoms with Crippen molar-refractivity contribution in [1.29, 1.82) is 0 Å². The summed E-state index contributed by atoms with van der Waals surface area (Å²) in [4.78, 5) is 0. The van der Waals surface area contributed by atoms with Crippen molar-refractivity contribution in [3.05, 3.63) is 0 Å². The lowest BCUT2D eigenvalue weighted by molar-refractivity contribution is 0.443. The average molecular weight is 257 g/mol. The van der Waals surface area contributed by atoms with Crippen molar-refractivity contribution >= 4 is 11.8 Å². The van der Waals surface area contributed by atoms with Crippen molar-refractivity contribution in [1.82, 2.24) is 5.32 Å². The van der Waals surface area contributed by atoms with Crippen LogP contribution in [0.25, 0.3) is 0 Å². The molecule has 1 fully saturated rings. The van der Waals surface area contributed by atoms with Crippen molar-refractivity contribution in [3.63, 3.8) is 0 Å². The van der Waals surface area contributed by atoms with E-state index in [4.69, 9.17) is 0 Å². The van der Waals surface area contributed by atoms with Crippen LogP contribution in [0.3, 0.4) is 0 Å². The fourth-order valence-corrected chi connectivity index (χ4v) is 4.18. The molecule has 0 spiro atoms. The summed E-state index contributed by atoms with van der Waals surface area (Å²) >= 11 is 2.20. The summed E-state index contributed by atoms with van der Waals surface area (Å²) in [7, 11) is 0. The minimum atomic E-state index is 0.790. The summed E-state index contributed by atoms with van der Waals surface area (Å²) < 4.78 is 0.